The van der Waals surface area contributed by atoms with Gasteiger partial charge in [-0.1, -0.05) is 60.7 Å². The average Bonchev–Trinajstić information content (AvgIpc) is 4.08. The number of aromatic nitrogens is 2. The summed E-state index contributed by atoms with van der Waals surface area (Å²) in [6.45, 7) is 1.76. The summed E-state index contributed by atoms with van der Waals surface area (Å²) >= 11 is 0. The molecule has 2 amide bonds. The molecule has 5 aromatic rings. The first-order chi connectivity index (χ1) is 23.7. The number of benzene rings is 4. The van der Waals surface area contributed by atoms with Gasteiger partial charge in [0.2, 0.25) is 5.91 Å². The van der Waals surface area contributed by atoms with E-state index in [0.29, 0.717) is 61.4 Å². The van der Waals surface area contributed by atoms with E-state index in [1.165, 1.54) is 11.6 Å². The number of fused-ring (bicyclic) bond motifs is 1. The van der Waals surface area contributed by atoms with Gasteiger partial charge >= 0.3 is 0 Å². The van der Waals surface area contributed by atoms with Crippen molar-refractivity contribution in [1.82, 2.24) is 20.0 Å². The Kier molecular flexibility index (Phi) is 8.97. The molecule has 0 bridgehead atoms. The number of piperazine rings is 1. The van der Waals surface area contributed by atoms with Crippen LogP contribution in [-0.2, 0) is 11.2 Å². The highest BCUT2D eigenvalue weighted by atomic mass is 19.1. The van der Waals surface area contributed by atoms with E-state index in [1.807, 2.05) is 24.3 Å². The third-order valence-electron chi connectivity index (χ3n) is 9.57. The molecule has 1 aliphatic heterocycles. The monoisotopic (exact) mass is 659 g/mol. The van der Waals surface area contributed by atoms with Crippen LogP contribution in [0, 0.1) is 11.7 Å². The van der Waals surface area contributed by atoms with E-state index in [2.05, 4.69) is 34.5 Å². The first-order valence-electron chi connectivity index (χ1n) is 16.7. The van der Waals surface area contributed by atoms with Gasteiger partial charge in [-0.2, -0.15) is 5.10 Å². The van der Waals surface area contributed by atoms with Gasteiger partial charge in [-0.3, -0.25) is 14.4 Å². The van der Waals surface area contributed by atoms with Gasteiger partial charge in [0.05, 0.1) is 16.6 Å². The summed E-state index contributed by atoms with van der Waals surface area (Å²) < 4.78 is 14.6. The second-order valence-electron chi connectivity index (χ2n) is 13.1. The highest BCUT2D eigenvalue weighted by Gasteiger charge is 2.36. The normalized spacial score (nSPS) is 18.5. The number of rotatable bonds is 6. The number of nitrogens with zero attached hydrogens (tertiary/aromatic N) is 3. The molecule has 2 unspecified atom stereocenters. The molecule has 2 saturated carbocycles. The highest BCUT2D eigenvalue weighted by molar-refractivity contribution is 5.95. The number of hydrogen-bond donors (Lipinski definition) is 3. The van der Waals surface area contributed by atoms with Crippen LogP contribution >= 0.6 is 0 Å². The van der Waals surface area contributed by atoms with E-state index < -0.39 is 5.82 Å². The Balaban J connectivity index is 0.000000186. The van der Waals surface area contributed by atoms with Crippen molar-refractivity contribution in [3.8, 4) is 16.9 Å². The average molecular weight is 660 g/mol. The number of halogens is 1. The molecule has 9 nitrogen and oxygen atoms in total. The summed E-state index contributed by atoms with van der Waals surface area (Å²) in [6.07, 6.45) is 3.36. The number of aromatic amines is 1. The number of amides is 2. The van der Waals surface area contributed by atoms with Crippen molar-refractivity contribution < 1.29 is 19.1 Å². The Labute approximate surface area is 283 Å². The Hall–Kier alpha value is -5.35. The summed E-state index contributed by atoms with van der Waals surface area (Å²) in [4.78, 5) is 40.7. The third-order valence-corrected chi connectivity index (χ3v) is 9.57. The summed E-state index contributed by atoms with van der Waals surface area (Å²) in [5, 5.41) is 17.4. The number of nitrogens with one attached hydrogen (secondary N) is 1. The van der Waals surface area contributed by atoms with Crippen molar-refractivity contribution in [3.63, 3.8) is 0 Å². The lowest BCUT2D eigenvalue weighted by Gasteiger charge is -2.35. The predicted octanol–water partition coefficient (Wildman–Crippen LogP) is 5.22. The van der Waals surface area contributed by atoms with Gasteiger partial charge in [0, 0.05) is 55.9 Å². The lowest BCUT2D eigenvalue weighted by molar-refractivity contribution is -0.134. The van der Waals surface area contributed by atoms with Gasteiger partial charge in [-0.05, 0) is 71.8 Å². The molecule has 0 spiro atoms. The number of nitrogens with two attached hydrogens (primary N) is 1. The molecule has 1 saturated heterocycles. The first-order valence-corrected chi connectivity index (χ1v) is 16.7. The van der Waals surface area contributed by atoms with Crippen LogP contribution in [0.25, 0.3) is 21.9 Å². The van der Waals surface area contributed by atoms with E-state index in [4.69, 9.17) is 5.73 Å². The zero-order valence-corrected chi connectivity index (χ0v) is 27.0. The molecule has 2 aliphatic carbocycles. The molecule has 2 heterocycles. The lowest BCUT2D eigenvalue weighted by atomic mass is 10.0. The zero-order chi connectivity index (χ0) is 34.1. The third kappa shape index (κ3) is 7.24. The number of carbonyl (C=O) groups excluding carboxylic acids is 2. The van der Waals surface area contributed by atoms with E-state index in [0.717, 1.165) is 41.3 Å². The van der Waals surface area contributed by atoms with Gasteiger partial charge in [0.25, 0.3) is 11.5 Å². The minimum absolute atomic E-state index is 0.0122. The fourth-order valence-electron chi connectivity index (χ4n) is 6.44. The molecule has 4 aromatic carbocycles. The van der Waals surface area contributed by atoms with Crippen LogP contribution in [-0.4, -0.2) is 69.1 Å². The SMILES string of the molecule is NC1CC1c1ccc(-c2cccc(O)c2)cc1.O=C(c1cc(Cc2n[nH]c(=O)c3ccccc23)ccc1F)N1CCN(C(=O)C2CC2)CC1. The number of H-pyrrole nitrogens is 1. The summed E-state index contributed by atoms with van der Waals surface area (Å²) in [6, 6.07) is 27.8. The van der Waals surface area contributed by atoms with Crippen LogP contribution in [0.5, 0.6) is 5.75 Å². The Morgan fingerprint density at radius 2 is 1.55 bits per heavy atom. The maximum Gasteiger partial charge on any atom is 0.272 e. The van der Waals surface area contributed by atoms with Gasteiger partial charge in [0.1, 0.15) is 11.6 Å². The number of aromatic hydroxyl groups is 1. The van der Waals surface area contributed by atoms with Crippen molar-refractivity contribution in [2.24, 2.45) is 11.7 Å². The van der Waals surface area contributed by atoms with Crippen LogP contribution in [0.15, 0.2) is 95.8 Å². The number of hydrogen-bond acceptors (Lipinski definition) is 6. The molecule has 250 valence electrons. The van der Waals surface area contributed by atoms with E-state index in [1.54, 1.807) is 46.2 Å². The van der Waals surface area contributed by atoms with Gasteiger partial charge < -0.3 is 20.6 Å². The molecule has 3 fully saturated rings. The minimum atomic E-state index is -0.575. The van der Waals surface area contributed by atoms with E-state index in [-0.39, 0.29) is 28.9 Å². The van der Waals surface area contributed by atoms with Crippen LogP contribution < -0.4 is 11.3 Å². The molecular weight excluding hydrogens is 621 g/mol. The first kappa shape index (κ1) is 32.2. The summed E-state index contributed by atoms with van der Waals surface area (Å²) in [7, 11) is 0. The molecule has 10 heteroatoms. The fourth-order valence-corrected chi connectivity index (χ4v) is 6.44. The minimum Gasteiger partial charge on any atom is -0.508 e. The van der Waals surface area contributed by atoms with E-state index >= 15 is 0 Å². The Morgan fingerprint density at radius 1 is 0.857 bits per heavy atom. The van der Waals surface area contributed by atoms with Crippen LogP contribution in [0.4, 0.5) is 4.39 Å². The molecule has 8 rings (SSSR count). The second kappa shape index (κ2) is 13.6. The topological polar surface area (TPSA) is 133 Å². The van der Waals surface area contributed by atoms with Crippen LogP contribution in [0.1, 0.15) is 52.4 Å². The molecule has 49 heavy (non-hydrogen) atoms. The molecule has 2 atom stereocenters. The standard InChI is InChI=1S/C24H23FN4O3.C15H15NO/c25-20-8-5-15(14-21-17-3-1-2-4-18(17)22(30)27-26-21)13-19(20)24(32)29-11-9-28(10-12-29)23(31)16-6-7-16;16-15-9-14(15)11-6-4-10(5-7-11)12-2-1-3-13(17)8-12/h1-5,8,13,16H,6-7,9-12,14H2,(H,27,30);1-8,14-15,17H,9,16H2. The predicted molar refractivity (Wildman–Crippen MR) is 186 cm³/mol. The van der Waals surface area contributed by atoms with Crippen molar-refractivity contribution in [3.05, 3.63) is 130 Å². The van der Waals surface area contributed by atoms with E-state index in [9.17, 15) is 23.9 Å². The van der Waals surface area contributed by atoms with Crippen LogP contribution in [0.2, 0.25) is 0 Å². The Morgan fingerprint density at radius 3 is 2.22 bits per heavy atom. The second-order valence-corrected chi connectivity index (χ2v) is 13.1. The molecule has 0 radical (unpaired) electrons. The maximum absolute atomic E-state index is 14.6. The largest absolute Gasteiger partial charge is 0.508 e. The van der Waals surface area contributed by atoms with Crippen molar-refractivity contribution in [2.75, 3.05) is 26.2 Å². The molecule has 3 aliphatic rings. The summed E-state index contributed by atoms with van der Waals surface area (Å²) in [5.41, 5.74) is 10.4. The number of phenols is 1. The molecular formula is C39H38FN5O4. The number of carbonyl (C=O) groups is 2. The Bertz CT molecular complexity index is 2070. The quantitative estimate of drug-likeness (QED) is 0.229. The fraction of sp³-hybridized carbons (Fsp3) is 0.282. The van der Waals surface area contributed by atoms with Crippen molar-refractivity contribution in [2.45, 2.75) is 37.6 Å². The zero-order valence-electron chi connectivity index (χ0n) is 27.0. The van der Waals surface area contributed by atoms with Crippen molar-refractivity contribution >= 4 is 22.6 Å². The number of phenolic OH excluding ortho intramolecular Hbond substituents is 1. The smallest absolute Gasteiger partial charge is 0.272 e. The van der Waals surface area contributed by atoms with Gasteiger partial charge in [-0.25, -0.2) is 9.49 Å². The van der Waals surface area contributed by atoms with Gasteiger partial charge in [-0.15, -0.1) is 0 Å². The molecule has 4 N–H and O–H groups in total. The molecule has 1 aromatic heterocycles. The van der Waals surface area contributed by atoms with Crippen LogP contribution in [0.3, 0.4) is 0 Å². The lowest BCUT2D eigenvalue weighted by Crippen LogP contribution is -2.51. The highest BCUT2D eigenvalue weighted by Crippen LogP contribution is 2.39. The van der Waals surface area contributed by atoms with Gasteiger partial charge in [0.15, 0.2) is 0 Å². The summed E-state index contributed by atoms with van der Waals surface area (Å²) in [5.74, 6) is 0.232. The van der Waals surface area contributed by atoms with Crippen molar-refractivity contribution in [1.29, 1.82) is 0 Å². The maximum atomic E-state index is 14.6.